The summed E-state index contributed by atoms with van der Waals surface area (Å²) in [6.07, 6.45) is 1.46. The first-order valence-electron chi connectivity index (χ1n) is 11.9. The fourth-order valence-electron chi connectivity index (χ4n) is 4.09. The van der Waals surface area contributed by atoms with Gasteiger partial charge >= 0.3 is 5.97 Å². The van der Waals surface area contributed by atoms with Crippen LogP contribution in [0.3, 0.4) is 0 Å². The molecule has 0 saturated carbocycles. The Bertz CT molecular complexity index is 1770. The number of amides is 1. The van der Waals surface area contributed by atoms with Crippen LogP contribution in [-0.2, 0) is 0 Å². The van der Waals surface area contributed by atoms with Gasteiger partial charge in [-0.05, 0) is 94.9 Å². The van der Waals surface area contributed by atoms with Crippen molar-refractivity contribution in [2.45, 2.75) is 0 Å². The number of H-pyrrole nitrogens is 1. The fraction of sp³-hybridized carbons (Fsp3) is 0.0333. The van der Waals surface area contributed by atoms with Crippen LogP contribution in [0.5, 0.6) is 11.5 Å². The zero-order valence-corrected chi connectivity index (χ0v) is 24.5. The number of carbonyl (C=O) groups excluding carboxylic acids is 2. The molecule has 200 valence electrons. The van der Waals surface area contributed by atoms with E-state index in [2.05, 4.69) is 38.1 Å². The summed E-state index contributed by atoms with van der Waals surface area (Å²) >= 11 is 14.6. The number of hydrazone groups is 1. The van der Waals surface area contributed by atoms with Crippen molar-refractivity contribution < 1.29 is 19.1 Å². The lowest BCUT2D eigenvalue weighted by molar-refractivity contribution is 0.0729. The van der Waals surface area contributed by atoms with E-state index in [4.69, 9.17) is 32.7 Å². The zero-order valence-electron chi connectivity index (χ0n) is 20.9. The Hall–Kier alpha value is -3.86. The lowest BCUT2D eigenvalue weighted by Crippen LogP contribution is -2.19. The van der Waals surface area contributed by atoms with Crippen molar-refractivity contribution in [3.63, 3.8) is 0 Å². The summed E-state index contributed by atoms with van der Waals surface area (Å²) in [7, 11) is 1.46. The van der Waals surface area contributed by atoms with E-state index in [1.807, 2.05) is 36.4 Å². The molecule has 2 N–H and O–H groups in total. The number of fused-ring (bicyclic) bond motifs is 1. The van der Waals surface area contributed by atoms with Crippen LogP contribution in [0, 0.1) is 3.57 Å². The van der Waals surface area contributed by atoms with Gasteiger partial charge in [0.05, 0.1) is 18.9 Å². The van der Waals surface area contributed by atoms with Crippen LogP contribution < -0.4 is 14.9 Å². The maximum atomic E-state index is 13.3. The van der Waals surface area contributed by atoms with Crippen molar-refractivity contribution in [2.24, 2.45) is 5.10 Å². The molecule has 10 heteroatoms. The van der Waals surface area contributed by atoms with Gasteiger partial charge in [0.25, 0.3) is 5.91 Å². The van der Waals surface area contributed by atoms with E-state index in [-0.39, 0.29) is 5.75 Å². The highest BCUT2D eigenvalue weighted by Crippen LogP contribution is 2.37. The van der Waals surface area contributed by atoms with Crippen LogP contribution in [0.2, 0.25) is 10.0 Å². The molecule has 0 aliphatic rings. The molecule has 0 radical (unpaired) electrons. The Morgan fingerprint density at radius 3 is 2.48 bits per heavy atom. The van der Waals surface area contributed by atoms with Crippen LogP contribution in [0.4, 0.5) is 0 Å². The van der Waals surface area contributed by atoms with E-state index in [1.165, 1.54) is 13.3 Å². The number of halogens is 3. The summed E-state index contributed by atoms with van der Waals surface area (Å²) in [5, 5.41) is 6.06. The number of benzene rings is 4. The first-order chi connectivity index (χ1) is 19.3. The topological polar surface area (TPSA) is 92.8 Å². The third-order valence-corrected chi connectivity index (χ3v) is 7.23. The summed E-state index contributed by atoms with van der Waals surface area (Å²) in [5.41, 5.74) is 6.11. The van der Waals surface area contributed by atoms with E-state index in [0.717, 1.165) is 20.0 Å². The van der Waals surface area contributed by atoms with E-state index in [1.54, 1.807) is 48.5 Å². The van der Waals surface area contributed by atoms with Gasteiger partial charge in [0.2, 0.25) is 0 Å². The number of esters is 1. The second-order valence-corrected chi connectivity index (χ2v) is 10.6. The molecule has 0 spiro atoms. The number of methoxy groups -OCH3 is 1. The Morgan fingerprint density at radius 1 is 0.950 bits per heavy atom. The van der Waals surface area contributed by atoms with Crippen molar-refractivity contribution in [1.82, 2.24) is 10.4 Å². The lowest BCUT2D eigenvalue weighted by Gasteiger charge is -2.10. The van der Waals surface area contributed by atoms with E-state index >= 15 is 0 Å². The predicted molar refractivity (Wildman–Crippen MR) is 166 cm³/mol. The Kier molecular flexibility index (Phi) is 8.39. The first-order valence-corrected chi connectivity index (χ1v) is 13.7. The molecule has 0 bridgehead atoms. The molecule has 1 aromatic heterocycles. The van der Waals surface area contributed by atoms with Gasteiger partial charge in [-0.2, -0.15) is 5.10 Å². The molecule has 0 aliphatic heterocycles. The van der Waals surface area contributed by atoms with Crippen LogP contribution >= 0.6 is 45.8 Å². The highest BCUT2D eigenvalue weighted by Gasteiger charge is 2.21. The van der Waals surface area contributed by atoms with Crippen molar-refractivity contribution in [2.75, 3.05) is 7.11 Å². The summed E-state index contributed by atoms with van der Waals surface area (Å²) in [5.74, 6) is -0.423. The molecule has 5 rings (SSSR count). The van der Waals surface area contributed by atoms with Crippen LogP contribution in [0.25, 0.3) is 22.0 Å². The highest BCUT2D eigenvalue weighted by molar-refractivity contribution is 14.1. The van der Waals surface area contributed by atoms with Gasteiger partial charge in [-0.1, -0.05) is 41.4 Å². The van der Waals surface area contributed by atoms with Gasteiger partial charge < -0.3 is 14.5 Å². The van der Waals surface area contributed by atoms with Crippen molar-refractivity contribution in [3.05, 3.63) is 115 Å². The Labute approximate surface area is 253 Å². The Balaban J connectivity index is 1.36. The average molecular weight is 684 g/mol. The summed E-state index contributed by atoms with van der Waals surface area (Å²) in [6, 6.07) is 24.5. The van der Waals surface area contributed by atoms with Crippen LogP contribution in [-0.4, -0.2) is 30.2 Å². The number of aromatic nitrogens is 1. The molecule has 1 amide bonds. The average Bonchev–Trinajstić information content (AvgIpc) is 3.32. The Morgan fingerprint density at radius 2 is 1.73 bits per heavy atom. The maximum Gasteiger partial charge on any atom is 0.343 e. The molecule has 40 heavy (non-hydrogen) atoms. The van der Waals surface area contributed by atoms with E-state index in [9.17, 15) is 9.59 Å². The molecule has 0 saturated heterocycles. The highest BCUT2D eigenvalue weighted by atomic mass is 127. The molecule has 7 nitrogen and oxygen atoms in total. The molecule has 0 unspecified atom stereocenters. The van der Waals surface area contributed by atoms with Gasteiger partial charge in [-0.15, -0.1) is 0 Å². The summed E-state index contributed by atoms with van der Waals surface area (Å²) in [4.78, 5) is 28.9. The van der Waals surface area contributed by atoms with Gasteiger partial charge in [0.15, 0.2) is 11.5 Å². The number of carbonyl (C=O) groups is 2. The van der Waals surface area contributed by atoms with Gasteiger partial charge in [-0.25, -0.2) is 10.2 Å². The minimum atomic E-state index is -0.550. The number of aromatic amines is 1. The van der Waals surface area contributed by atoms with Gasteiger partial charge in [0, 0.05) is 35.6 Å². The van der Waals surface area contributed by atoms with Gasteiger partial charge in [-0.3, -0.25) is 4.79 Å². The second-order valence-electron chi connectivity index (χ2n) is 8.55. The smallest absolute Gasteiger partial charge is 0.343 e. The lowest BCUT2D eigenvalue weighted by atomic mass is 10.0. The third kappa shape index (κ3) is 5.99. The summed E-state index contributed by atoms with van der Waals surface area (Å²) in [6.45, 7) is 0. The number of nitrogens with zero attached hydrogens (tertiary/aromatic N) is 1. The monoisotopic (exact) mass is 683 g/mol. The number of nitrogens with one attached hydrogen (secondary N) is 2. The van der Waals surface area contributed by atoms with Crippen molar-refractivity contribution in [3.8, 4) is 22.6 Å². The third-order valence-electron chi connectivity index (χ3n) is 5.98. The minimum Gasteiger partial charge on any atom is -0.493 e. The minimum absolute atomic E-state index is 0.237. The van der Waals surface area contributed by atoms with Gasteiger partial charge in [0.1, 0.15) is 5.69 Å². The first kappa shape index (κ1) is 27.7. The number of hydrogen-bond donors (Lipinski definition) is 2. The molecular weight excluding hydrogens is 664 g/mol. The predicted octanol–water partition coefficient (Wildman–Crippen LogP) is 7.74. The molecule has 0 atom stereocenters. The number of hydrogen-bond acceptors (Lipinski definition) is 5. The van der Waals surface area contributed by atoms with E-state index < -0.39 is 11.9 Å². The zero-order chi connectivity index (χ0) is 28.2. The molecule has 0 fully saturated rings. The molecule has 1 heterocycles. The number of ether oxygens (including phenoxy) is 2. The molecule has 5 aromatic rings. The summed E-state index contributed by atoms with van der Waals surface area (Å²) < 4.78 is 11.9. The van der Waals surface area contributed by atoms with Crippen molar-refractivity contribution in [1.29, 1.82) is 0 Å². The molecule has 0 aliphatic carbocycles. The van der Waals surface area contributed by atoms with Crippen LogP contribution in [0.15, 0.2) is 90.0 Å². The molecule has 4 aromatic carbocycles. The van der Waals surface area contributed by atoms with Crippen LogP contribution in [0.1, 0.15) is 26.4 Å². The fourth-order valence-corrected chi connectivity index (χ4v) is 4.94. The quantitative estimate of drug-likeness (QED) is 0.0604. The second kappa shape index (κ2) is 12.1. The SMILES string of the molecule is COc1cc(C=NNC(=O)c2[nH]c3ccc(I)cc3c2-c2ccccc2Cl)ccc1OC(=O)c1ccc(Cl)cc1. The largest absolute Gasteiger partial charge is 0.493 e. The number of rotatable bonds is 7. The normalized spacial score (nSPS) is 11.1. The standard InChI is InChI=1S/C30H20Cl2IN3O4/c1-39-26-14-17(6-13-25(26)40-30(38)18-7-9-19(31)10-8-18)16-34-36-29(37)28-27(21-4-2-3-5-23(21)32)22-15-20(33)11-12-24(22)35-28/h2-16,35H,1H3,(H,36,37). The maximum absolute atomic E-state index is 13.3. The van der Waals surface area contributed by atoms with E-state index in [0.29, 0.717) is 38.2 Å². The molecular formula is C30H20Cl2IN3O4. The van der Waals surface area contributed by atoms with Crippen molar-refractivity contribution >= 4 is 74.8 Å².